The summed E-state index contributed by atoms with van der Waals surface area (Å²) < 4.78 is 4.12. The van der Waals surface area contributed by atoms with E-state index in [2.05, 4.69) is 45.6 Å². The third-order valence-electron chi connectivity index (χ3n) is 5.34. The minimum Gasteiger partial charge on any atom is -0.250 e. The first-order valence-corrected chi connectivity index (χ1v) is 11.2. The molecule has 7 heteroatoms. The van der Waals surface area contributed by atoms with Crippen LogP contribution in [0.2, 0.25) is 0 Å². The Morgan fingerprint density at radius 1 is 0.909 bits per heavy atom. The van der Waals surface area contributed by atoms with Crippen LogP contribution in [0.25, 0.3) is 28.2 Å². The van der Waals surface area contributed by atoms with Gasteiger partial charge in [-0.3, -0.25) is 5.10 Å². The van der Waals surface area contributed by atoms with Crippen LogP contribution in [0, 0.1) is 4.77 Å². The average molecular weight is 451 g/mol. The third kappa shape index (κ3) is 4.31. The van der Waals surface area contributed by atoms with Crippen molar-refractivity contribution >= 4 is 18.4 Å². The van der Waals surface area contributed by atoms with Crippen molar-refractivity contribution in [2.24, 2.45) is 5.10 Å². The van der Waals surface area contributed by atoms with Crippen molar-refractivity contribution in [1.29, 1.82) is 0 Å². The molecule has 0 atom stereocenters. The van der Waals surface area contributed by atoms with Crippen LogP contribution in [-0.4, -0.2) is 30.9 Å². The van der Waals surface area contributed by atoms with Crippen LogP contribution in [0.4, 0.5) is 0 Å². The molecule has 0 saturated carbocycles. The highest BCUT2D eigenvalue weighted by Crippen LogP contribution is 2.28. The van der Waals surface area contributed by atoms with Crippen molar-refractivity contribution < 1.29 is 0 Å². The zero-order chi connectivity index (χ0) is 22.6. The molecule has 0 amide bonds. The fourth-order valence-electron chi connectivity index (χ4n) is 3.64. The fourth-order valence-corrected chi connectivity index (χ4v) is 3.84. The predicted octanol–water partition coefficient (Wildman–Crippen LogP) is 5.90. The van der Waals surface area contributed by atoms with E-state index in [9.17, 15) is 0 Å². The number of aryl methyl sites for hydroxylation is 1. The molecule has 33 heavy (non-hydrogen) atoms. The molecule has 2 aromatic heterocycles. The van der Waals surface area contributed by atoms with Gasteiger partial charge >= 0.3 is 0 Å². The van der Waals surface area contributed by atoms with Crippen molar-refractivity contribution in [2.45, 2.75) is 13.3 Å². The molecule has 5 rings (SSSR count). The summed E-state index contributed by atoms with van der Waals surface area (Å²) in [6.45, 7) is 2.02. The molecule has 6 nitrogen and oxygen atoms in total. The number of rotatable bonds is 6. The number of aromatic nitrogens is 5. The van der Waals surface area contributed by atoms with Crippen molar-refractivity contribution in [2.75, 3.05) is 0 Å². The Labute approximate surface area is 196 Å². The van der Waals surface area contributed by atoms with E-state index >= 15 is 0 Å². The van der Waals surface area contributed by atoms with Crippen LogP contribution in [0.5, 0.6) is 0 Å². The van der Waals surface area contributed by atoms with Crippen LogP contribution < -0.4 is 0 Å². The number of nitrogens with zero attached hydrogens (tertiary/aromatic N) is 5. The smallest absolute Gasteiger partial charge is 0.216 e. The fraction of sp³-hybridized carbons (Fsp3) is 0.0769. The molecule has 0 aliphatic heterocycles. The molecule has 0 aliphatic carbocycles. The second-order valence-electron chi connectivity index (χ2n) is 7.51. The summed E-state index contributed by atoms with van der Waals surface area (Å²) in [7, 11) is 0. The second kappa shape index (κ2) is 9.18. The van der Waals surface area contributed by atoms with E-state index in [0.29, 0.717) is 4.77 Å². The van der Waals surface area contributed by atoms with E-state index in [1.165, 1.54) is 0 Å². The summed E-state index contributed by atoms with van der Waals surface area (Å²) >= 11 is 5.26. The largest absolute Gasteiger partial charge is 0.250 e. The first kappa shape index (κ1) is 20.8. The predicted molar refractivity (Wildman–Crippen MR) is 134 cm³/mol. The van der Waals surface area contributed by atoms with Gasteiger partial charge in [-0.05, 0) is 36.0 Å². The maximum absolute atomic E-state index is 5.26. The first-order valence-electron chi connectivity index (χ1n) is 10.7. The molecule has 0 saturated heterocycles. The minimum atomic E-state index is 0.484. The standard InChI is InChI=1S/C26H22N6S/c1-2-25-28-29-26(33)32(25)27-18-19-13-15-22(16-14-19)31-24(21-11-7-4-8-12-21)17-23(30-31)20-9-5-3-6-10-20/h3-18H,2H2,1H3,(H,29,33)/b27-18-. The van der Waals surface area contributed by atoms with Gasteiger partial charge in [0.25, 0.3) is 0 Å². The second-order valence-corrected chi connectivity index (χ2v) is 7.89. The molecule has 1 N–H and O–H groups in total. The van der Waals surface area contributed by atoms with Gasteiger partial charge in [0.1, 0.15) is 0 Å². The van der Waals surface area contributed by atoms with Crippen molar-refractivity contribution in [1.82, 2.24) is 24.7 Å². The van der Waals surface area contributed by atoms with Crippen molar-refractivity contribution in [3.8, 4) is 28.2 Å². The van der Waals surface area contributed by atoms with Crippen LogP contribution in [0.1, 0.15) is 18.3 Å². The van der Waals surface area contributed by atoms with Crippen LogP contribution in [0.3, 0.4) is 0 Å². The van der Waals surface area contributed by atoms with Crippen LogP contribution in [-0.2, 0) is 6.42 Å². The molecule has 3 aromatic carbocycles. The summed E-state index contributed by atoms with van der Waals surface area (Å²) in [5.74, 6) is 0.797. The first-order chi connectivity index (χ1) is 16.2. The van der Waals surface area contributed by atoms with Crippen LogP contribution >= 0.6 is 12.2 Å². The van der Waals surface area contributed by atoms with E-state index in [1.807, 2.05) is 72.3 Å². The Kier molecular flexibility index (Phi) is 5.78. The monoisotopic (exact) mass is 450 g/mol. The van der Waals surface area contributed by atoms with Gasteiger partial charge in [0.15, 0.2) is 5.82 Å². The highest BCUT2D eigenvalue weighted by molar-refractivity contribution is 7.71. The molecule has 0 radical (unpaired) electrons. The minimum absolute atomic E-state index is 0.484. The van der Waals surface area contributed by atoms with E-state index in [-0.39, 0.29) is 0 Å². The molecule has 0 aliphatic rings. The van der Waals surface area contributed by atoms with E-state index < -0.39 is 0 Å². The maximum atomic E-state index is 5.26. The SMILES string of the molecule is CCc1n[nH]c(=S)n1/N=C\c1ccc(-n2nc(-c3ccccc3)cc2-c2ccccc2)cc1. The molecule has 162 valence electrons. The highest BCUT2D eigenvalue weighted by atomic mass is 32.1. The van der Waals surface area contributed by atoms with Crippen molar-refractivity contribution in [3.63, 3.8) is 0 Å². The van der Waals surface area contributed by atoms with Gasteiger partial charge in [0, 0.05) is 17.5 Å². The quantitative estimate of drug-likeness (QED) is 0.259. The number of hydrogen-bond acceptors (Lipinski definition) is 4. The van der Waals surface area contributed by atoms with Gasteiger partial charge in [-0.25, -0.2) is 4.68 Å². The van der Waals surface area contributed by atoms with Gasteiger partial charge in [-0.15, -0.1) is 0 Å². The summed E-state index contributed by atoms with van der Waals surface area (Å²) in [6, 6.07) is 30.8. The number of nitrogens with one attached hydrogen (secondary N) is 1. The molecular weight excluding hydrogens is 428 g/mol. The van der Waals surface area contributed by atoms with E-state index in [1.54, 1.807) is 10.9 Å². The Hall–Kier alpha value is -4.10. The molecule has 2 heterocycles. The van der Waals surface area contributed by atoms with Gasteiger partial charge in [-0.2, -0.15) is 20.0 Å². The van der Waals surface area contributed by atoms with Gasteiger partial charge < -0.3 is 0 Å². The maximum Gasteiger partial charge on any atom is 0.216 e. The molecule has 0 spiro atoms. The molecule has 5 aromatic rings. The molecular formula is C26H22N6S. The van der Waals surface area contributed by atoms with E-state index in [4.69, 9.17) is 17.3 Å². The zero-order valence-electron chi connectivity index (χ0n) is 18.1. The Morgan fingerprint density at radius 3 is 2.24 bits per heavy atom. The summed E-state index contributed by atoms with van der Waals surface area (Å²) in [5.41, 5.74) is 6.10. The van der Waals surface area contributed by atoms with Crippen LogP contribution in [0.15, 0.2) is 96.1 Å². The molecule has 0 bridgehead atoms. The Morgan fingerprint density at radius 2 is 1.58 bits per heavy atom. The van der Waals surface area contributed by atoms with Gasteiger partial charge in [-0.1, -0.05) is 79.7 Å². The normalized spacial score (nSPS) is 11.3. The molecule has 0 fully saturated rings. The summed E-state index contributed by atoms with van der Waals surface area (Å²) in [6.07, 6.45) is 2.53. The number of benzene rings is 3. The van der Waals surface area contributed by atoms with Gasteiger partial charge in [0.2, 0.25) is 4.77 Å². The Balaban J connectivity index is 1.51. The summed E-state index contributed by atoms with van der Waals surface area (Å²) in [5, 5.41) is 16.4. The highest BCUT2D eigenvalue weighted by Gasteiger charge is 2.13. The zero-order valence-corrected chi connectivity index (χ0v) is 18.9. The van der Waals surface area contributed by atoms with E-state index in [0.717, 1.165) is 46.0 Å². The lowest BCUT2D eigenvalue weighted by molar-refractivity contribution is 0.780. The lowest BCUT2D eigenvalue weighted by atomic mass is 10.1. The number of aromatic amines is 1. The molecule has 0 unspecified atom stereocenters. The average Bonchev–Trinajstić information content (AvgIpc) is 3.48. The van der Waals surface area contributed by atoms with Crippen molar-refractivity contribution in [3.05, 3.63) is 107 Å². The lowest BCUT2D eigenvalue weighted by Gasteiger charge is -2.08. The Bertz CT molecular complexity index is 1440. The van der Waals surface area contributed by atoms with Gasteiger partial charge in [0.05, 0.1) is 23.3 Å². The number of H-pyrrole nitrogens is 1. The number of hydrogen-bond donors (Lipinski definition) is 1. The third-order valence-corrected chi connectivity index (χ3v) is 5.61. The lowest BCUT2D eigenvalue weighted by Crippen LogP contribution is -2.00. The topological polar surface area (TPSA) is 63.8 Å². The summed E-state index contributed by atoms with van der Waals surface area (Å²) in [4.78, 5) is 0.